The van der Waals surface area contributed by atoms with Crippen molar-refractivity contribution in [2.24, 2.45) is 0 Å². The van der Waals surface area contributed by atoms with Crippen molar-refractivity contribution in [1.82, 2.24) is 10.2 Å². The summed E-state index contributed by atoms with van der Waals surface area (Å²) < 4.78 is 6.69. The molecule has 2 aromatic carbocycles. The Labute approximate surface area is 199 Å². The summed E-state index contributed by atoms with van der Waals surface area (Å²) >= 11 is 3.40. The Hall–Kier alpha value is -2.34. The highest BCUT2D eigenvalue weighted by molar-refractivity contribution is 9.10. The predicted molar refractivity (Wildman–Crippen MR) is 131 cm³/mol. The van der Waals surface area contributed by atoms with Crippen LogP contribution in [0.4, 0.5) is 0 Å². The van der Waals surface area contributed by atoms with E-state index in [1.165, 1.54) is 6.42 Å². The Bertz CT molecular complexity index is 851. The van der Waals surface area contributed by atoms with Crippen LogP contribution in [-0.4, -0.2) is 41.9 Å². The maximum absolute atomic E-state index is 13.2. The molecule has 2 amide bonds. The molecule has 32 heavy (non-hydrogen) atoms. The molecule has 1 saturated carbocycles. The van der Waals surface area contributed by atoms with Crippen LogP contribution < -0.4 is 10.1 Å². The quantitative estimate of drug-likeness (QED) is 0.491. The minimum Gasteiger partial charge on any atom is -0.484 e. The number of halogens is 1. The number of amides is 2. The second-order valence-electron chi connectivity index (χ2n) is 8.33. The highest BCUT2D eigenvalue weighted by atomic mass is 79.9. The minimum absolute atomic E-state index is 0.0514. The van der Waals surface area contributed by atoms with Crippen molar-refractivity contribution in [1.29, 1.82) is 0 Å². The number of benzene rings is 2. The Morgan fingerprint density at radius 3 is 2.41 bits per heavy atom. The molecule has 0 unspecified atom stereocenters. The first-order valence-corrected chi connectivity index (χ1v) is 12.4. The molecule has 3 rings (SSSR count). The average molecular weight is 501 g/mol. The van der Waals surface area contributed by atoms with Crippen LogP contribution >= 0.6 is 15.9 Å². The van der Waals surface area contributed by atoms with Crippen LogP contribution in [0, 0.1) is 0 Å². The number of ether oxygens (including phenoxy) is 1. The van der Waals surface area contributed by atoms with E-state index in [0.717, 1.165) is 35.7 Å². The van der Waals surface area contributed by atoms with Gasteiger partial charge in [-0.15, -0.1) is 0 Å². The van der Waals surface area contributed by atoms with Gasteiger partial charge in [0.15, 0.2) is 6.61 Å². The van der Waals surface area contributed by atoms with Gasteiger partial charge in [0.1, 0.15) is 11.8 Å². The monoisotopic (exact) mass is 500 g/mol. The van der Waals surface area contributed by atoms with Gasteiger partial charge in [0, 0.05) is 17.1 Å². The summed E-state index contributed by atoms with van der Waals surface area (Å²) in [4.78, 5) is 28.1. The van der Waals surface area contributed by atoms with Crippen LogP contribution in [0.3, 0.4) is 0 Å². The predicted octanol–water partition coefficient (Wildman–Crippen LogP) is 5.13. The zero-order valence-electron chi connectivity index (χ0n) is 18.8. The van der Waals surface area contributed by atoms with Crippen molar-refractivity contribution in [2.75, 3.05) is 13.2 Å². The standard InChI is InChI=1S/C26H33BrN2O3/c1-2-24(26(31)28-22-11-7-4-8-12-22)29(18-17-20-9-5-3-6-10-20)25(30)19-32-23-15-13-21(27)14-16-23/h3,5-6,9-10,13-16,22,24H,2,4,7-8,11-12,17-19H2,1H3,(H,28,31)/t24-/m0/s1. The summed E-state index contributed by atoms with van der Waals surface area (Å²) in [7, 11) is 0. The Kier molecular flexibility index (Phi) is 9.60. The van der Waals surface area contributed by atoms with Crippen molar-refractivity contribution in [3.05, 3.63) is 64.6 Å². The van der Waals surface area contributed by atoms with Crippen LogP contribution in [0.5, 0.6) is 5.75 Å². The van der Waals surface area contributed by atoms with E-state index in [4.69, 9.17) is 4.74 Å². The lowest BCUT2D eigenvalue weighted by atomic mass is 9.95. The number of hydrogen-bond acceptors (Lipinski definition) is 3. The molecule has 1 aliphatic carbocycles. The van der Waals surface area contributed by atoms with Crippen LogP contribution in [0.25, 0.3) is 0 Å². The number of carbonyl (C=O) groups excluding carboxylic acids is 2. The lowest BCUT2D eigenvalue weighted by Crippen LogP contribution is -2.53. The fourth-order valence-electron chi connectivity index (χ4n) is 4.20. The normalized spacial score (nSPS) is 15.1. The molecule has 1 N–H and O–H groups in total. The van der Waals surface area contributed by atoms with E-state index < -0.39 is 6.04 Å². The van der Waals surface area contributed by atoms with E-state index in [9.17, 15) is 9.59 Å². The smallest absolute Gasteiger partial charge is 0.261 e. The molecular weight excluding hydrogens is 468 g/mol. The largest absolute Gasteiger partial charge is 0.484 e. The molecule has 0 heterocycles. The van der Waals surface area contributed by atoms with E-state index in [-0.39, 0.29) is 24.5 Å². The summed E-state index contributed by atoms with van der Waals surface area (Å²) in [5.74, 6) is 0.406. The van der Waals surface area contributed by atoms with Gasteiger partial charge in [-0.05, 0) is 55.5 Å². The van der Waals surface area contributed by atoms with Crippen LogP contribution in [0.2, 0.25) is 0 Å². The lowest BCUT2D eigenvalue weighted by molar-refractivity contribution is -0.142. The van der Waals surface area contributed by atoms with Crippen molar-refractivity contribution in [2.45, 2.75) is 64.0 Å². The van der Waals surface area contributed by atoms with Gasteiger partial charge in [-0.25, -0.2) is 0 Å². The molecule has 5 nitrogen and oxygen atoms in total. The zero-order valence-corrected chi connectivity index (χ0v) is 20.4. The van der Waals surface area contributed by atoms with Crippen LogP contribution in [0.1, 0.15) is 51.0 Å². The summed E-state index contributed by atoms with van der Waals surface area (Å²) in [5, 5.41) is 3.20. The fourth-order valence-corrected chi connectivity index (χ4v) is 4.46. The van der Waals surface area contributed by atoms with Crippen molar-refractivity contribution < 1.29 is 14.3 Å². The van der Waals surface area contributed by atoms with Gasteiger partial charge >= 0.3 is 0 Å². The fraction of sp³-hybridized carbons (Fsp3) is 0.462. The zero-order chi connectivity index (χ0) is 22.8. The van der Waals surface area contributed by atoms with E-state index in [1.807, 2.05) is 61.5 Å². The molecule has 0 bridgehead atoms. The molecule has 1 fully saturated rings. The molecule has 0 aliphatic heterocycles. The van der Waals surface area contributed by atoms with Gasteiger partial charge in [0.25, 0.3) is 5.91 Å². The minimum atomic E-state index is -0.498. The van der Waals surface area contributed by atoms with Crippen LogP contribution in [0.15, 0.2) is 59.1 Å². The maximum atomic E-state index is 13.2. The first-order chi connectivity index (χ1) is 15.6. The average Bonchev–Trinajstić information content (AvgIpc) is 2.82. The number of nitrogens with zero attached hydrogens (tertiary/aromatic N) is 1. The number of nitrogens with one attached hydrogen (secondary N) is 1. The van der Waals surface area contributed by atoms with Gasteiger partial charge in [-0.2, -0.15) is 0 Å². The van der Waals surface area contributed by atoms with Crippen molar-refractivity contribution in [3.63, 3.8) is 0 Å². The molecule has 0 aromatic heterocycles. The number of hydrogen-bond donors (Lipinski definition) is 1. The van der Waals surface area contributed by atoms with Crippen LogP contribution in [-0.2, 0) is 16.0 Å². The lowest BCUT2D eigenvalue weighted by Gasteiger charge is -2.32. The Morgan fingerprint density at radius 1 is 1.06 bits per heavy atom. The first kappa shape index (κ1) is 24.3. The summed E-state index contributed by atoms with van der Waals surface area (Å²) in [6, 6.07) is 17.2. The van der Waals surface area contributed by atoms with E-state index in [1.54, 1.807) is 4.90 Å². The SMILES string of the molecule is CC[C@@H](C(=O)NC1CCCCC1)N(CCc1ccccc1)C(=O)COc1ccc(Br)cc1. The third-order valence-electron chi connectivity index (χ3n) is 6.00. The van der Waals surface area contributed by atoms with Gasteiger partial charge < -0.3 is 15.0 Å². The van der Waals surface area contributed by atoms with Gasteiger partial charge in [-0.3, -0.25) is 9.59 Å². The van der Waals surface area contributed by atoms with Gasteiger partial charge in [-0.1, -0.05) is 72.4 Å². The maximum Gasteiger partial charge on any atom is 0.261 e. The molecule has 1 aliphatic rings. The third-order valence-corrected chi connectivity index (χ3v) is 6.53. The molecule has 0 saturated heterocycles. The molecule has 0 radical (unpaired) electrons. The van der Waals surface area contributed by atoms with Crippen molar-refractivity contribution in [3.8, 4) is 5.75 Å². The summed E-state index contributed by atoms with van der Waals surface area (Å²) in [5.41, 5.74) is 1.14. The summed E-state index contributed by atoms with van der Waals surface area (Å²) in [6.45, 7) is 2.34. The first-order valence-electron chi connectivity index (χ1n) is 11.6. The molecule has 1 atom stereocenters. The third kappa shape index (κ3) is 7.37. The molecule has 6 heteroatoms. The Balaban J connectivity index is 1.68. The number of carbonyl (C=O) groups is 2. The highest BCUT2D eigenvalue weighted by Gasteiger charge is 2.30. The second-order valence-corrected chi connectivity index (χ2v) is 9.25. The Morgan fingerprint density at radius 2 is 1.75 bits per heavy atom. The molecule has 172 valence electrons. The highest BCUT2D eigenvalue weighted by Crippen LogP contribution is 2.19. The van der Waals surface area contributed by atoms with Gasteiger partial charge in [0.2, 0.25) is 5.91 Å². The van der Waals surface area contributed by atoms with E-state index in [0.29, 0.717) is 25.1 Å². The van der Waals surface area contributed by atoms with Crippen molar-refractivity contribution >= 4 is 27.7 Å². The molecule has 2 aromatic rings. The number of rotatable bonds is 10. The molecule has 0 spiro atoms. The topological polar surface area (TPSA) is 58.6 Å². The van der Waals surface area contributed by atoms with E-state index in [2.05, 4.69) is 21.2 Å². The van der Waals surface area contributed by atoms with E-state index >= 15 is 0 Å². The summed E-state index contributed by atoms with van der Waals surface area (Å²) in [6.07, 6.45) is 6.84. The van der Waals surface area contributed by atoms with Gasteiger partial charge in [0.05, 0.1) is 0 Å². The molecular formula is C26H33BrN2O3. The second kappa shape index (κ2) is 12.6.